The second-order valence-electron chi connectivity index (χ2n) is 7.23. The van der Waals surface area contributed by atoms with Gasteiger partial charge in [-0.1, -0.05) is 59.6 Å². The first-order valence-corrected chi connectivity index (χ1v) is 11.7. The number of halogens is 3. The molecule has 0 aliphatic carbocycles. The summed E-state index contributed by atoms with van der Waals surface area (Å²) in [4.78, 5) is 27.1. The molecule has 0 saturated heterocycles. The van der Waals surface area contributed by atoms with Gasteiger partial charge in [-0.25, -0.2) is 0 Å². The van der Waals surface area contributed by atoms with E-state index in [1.807, 2.05) is 43.3 Å². The van der Waals surface area contributed by atoms with Crippen molar-refractivity contribution in [2.24, 2.45) is 0 Å². The number of hydrogen-bond donors (Lipinski definition) is 1. The van der Waals surface area contributed by atoms with Gasteiger partial charge in [0.2, 0.25) is 5.91 Å². The van der Waals surface area contributed by atoms with Gasteiger partial charge in [0.15, 0.2) is 6.61 Å². The molecule has 0 radical (unpaired) electrons. The number of benzene rings is 3. The zero-order chi connectivity index (χ0) is 23.3. The van der Waals surface area contributed by atoms with E-state index in [-0.39, 0.29) is 25.0 Å². The van der Waals surface area contributed by atoms with Crippen LogP contribution in [0.25, 0.3) is 10.8 Å². The van der Waals surface area contributed by atoms with Crippen LogP contribution in [0.2, 0.25) is 10.0 Å². The largest absolute Gasteiger partial charge is 0.483 e. The number of carbonyl (C=O) groups is 2. The molecule has 0 aromatic heterocycles. The molecule has 0 fully saturated rings. The third kappa shape index (κ3) is 5.74. The first-order chi connectivity index (χ1) is 15.3. The zero-order valence-corrected chi connectivity index (χ0v) is 20.8. The molecular formula is C24H23BrCl2N2O3. The summed E-state index contributed by atoms with van der Waals surface area (Å²) in [5.41, 5.74) is 0.760. The van der Waals surface area contributed by atoms with Crippen molar-refractivity contribution in [3.63, 3.8) is 0 Å². The average molecular weight is 538 g/mol. The van der Waals surface area contributed by atoms with Crippen LogP contribution in [0.1, 0.15) is 19.4 Å². The Balaban J connectivity index is 1.80. The van der Waals surface area contributed by atoms with E-state index < -0.39 is 6.04 Å². The highest BCUT2D eigenvalue weighted by Crippen LogP contribution is 2.33. The minimum absolute atomic E-state index is 0.191. The van der Waals surface area contributed by atoms with E-state index in [2.05, 4.69) is 21.2 Å². The van der Waals surface area contributed by atoms with E-state index in [0.29, 0.717) is 22.3 Å². The topological polar surface area (TPSA) is 58.6 Å². The molecule has 2 amide bonds. The van der Waals surface area contributed by atoms with Crippen molar-refractivity contribution >= 4 is 61.7 Å². The van der Waals surface area contributed by atoms with Gasteiger partial charge in [-0.2, -0.15) is 0 Å². The van der Waals surface area contributed by atoms with Crippen LogP contribution in [0.5, 0.6) is 5.75 Å². The second-order valence-corrected chi connectivity index (χ2v) is 8.84. The van der Waals surface area contributed by atoms with E-state index in [9.17, 15) is 9.59 Å². The SMILES string of the molecule is CCNC(=O)[C@@H](C)N(Cc1ccc(Cl)c(Cl)c1)C(=O)COc1ccc2ccccc2c1Br. The van der Waals surface area contributed by atoms with Crippen LogP contribution < -0.4 is 10.1 Å². The summed E-state index contributed by atoms with van der Waals surface area (Å²) < 4.78 is 6.62. The summed E-state index contributed by atoms with van der Waals surface area (Å²) >= 11 is 15.7. The Morgan fingerprint density at radius 1 is 1.09 bits per heavy atom. The van der Waals surface area contributed by atoms with Gasteiger partial charge in [-0.05, 0) is 64.3 Å². The number of amides is 2. The standard InChI is InChI=1S/C24H23BrCl2N2O3/c1-3-28-24(31)15(2)29(13-16-8-10-19(26)20(27)12-16)22(30)14-32-21-11-9-17-6-4-5-7-18(17)23(21)25/h4-12,15H,3,13-14H2,1-2H3,(H,28,31)/t15-/m1/s1. The lowest BCUT2D eigenvalue weighted by Crippen LogP contribution is -2.49. The molecule has 1 atom stereocenters. The minimum Gasteiger partial charge on any atom is -0.483 e. The lowest BCUT2D eigenvalue weighted by Gasteiger charge is -2.28. The average Bonchev–Trinajstić information content (AvgIpc) is 2.79. The summed E-state index contributed by atoms with van der Waals surface area (Å²) in [6.45, 7) is 3.96. The quantitative estimate of drug-likeness (QED) is 0.392. The molecule has 8 heteroatoms. The molecule has 0 saturated carbocycles. The third-order valence-corrected chi connectivity index (χ3v) is 6.59. The highest BCUT2D eigenvalue weighted by Gasteiger charge is 2.26. The van der Waals surface area contributed by atoms with E-state index in [1.165, 1.54) is 4.90 Å². The van der Waals surface area contributed by atoms with Crippen molar-refractivity contribution in [2.75, 3.05) is 13.2 Å². The molecule has 0 aliphatic heterocycles. The number of hydrogen-bond acceptors (Lipinski definition) is 3. The van der Waals surface area contributed by atoms with Gasteiger partial charge in [0, 0.05) is 13.1 Å². The maximum absolute atomic E-state index is 13.1. The normalized spacial score (nSPS) is 11.8. The van der Waals surface area contributed by atoms with Gasteiger partial charge < -0.3 is 15.0 Å². The zero-order valence-electron chi connectivity index (χ0n) is 17.7. The van der Waals surface area contributed by atoms with E-state index in [0.717, 1.165) is 20.8 Å². The monoisotopic (exact) mass is 536 g/mol. The highest BCUT2D eigenvalue weighted by atomic mass is 79.9. The second kappa shape index (κ2) is 11.0. The number of rotatable bonds is 8. The first-order valence-electron chi connectivity index (χ1n) is 10.1. The van der Waals surface area contributed by atoms with Crippen LogP contribution >= 0.6 is 39.1 Å². The van der Waals surface area contributed by atoms with Gasteiger partial charge in [0.1, 0.15) is 11.8 Å². The number of fused-ring (bicyclic) bond motifs is 1. The fourth-order valence-corrected chi connectivity index (χ4v) is 4.22. The molecule has 3 aromatic rings. The highest BCUT2D eigenvalue weighted by molar-refractivity contribution is 9.10. The van der Waals surface area contributed by atoms with Gasteiger partial charge in [0.25, 0.3) is 5.91 Å². The predicted molar refractivity (Wildman–Crippen MR) is 132 cm³/mol. The van der Waals surface area contributed by atoms with Gasteiger partial charge >= 0.3 is 0 Å². The molecule has 3 rings (SSSR count). The molecule has 0 spiro atoms. The van der Waals surface area contributed by atoms with Crippen molar-refractivity contribution in [3.05, 3.63) is 74.7 Å². The molecule has 3 aromatic carbocycles. The summed E-state index contributed by atoms with van der Waals surface area (Å²) in [7, 11) is 0. The lowest BCUT2D eigenvalue weighted by molar-refractivity contribution is -0.142. The van der Waals surface area contributed by atoms with E-state index in [1.54, 1.807) is 25.1 Å². The molecule has 0 bridgehead atoms. The summed E-state index contributed by atoms with van der Waals surface area (Å²) in [5, 5.41) is 5.62. The molecule has 1 N–H and O–H groups in total. The summed E-state index contributed by atoms with van der Waals surface area (Å²) in [6, 6.07) is 16.1. The number of nitrogens with one attached hydrogen (secondary N) is 1. The molecule has 0 aliphatic rings. The van der Waals surface area contributed by atoms with Crippen molar-refractivity contribution in [1.29, 1.82) is 0 Å². The summed E-state index contributed by atoms with van der Waals surface area (Å²) in [5.74, 6) is -0.0140. The maximum atomic E-state index is 13.1. The molecule has 32 heavy (non-hydrogen) atoms. The number of carbonyl (C=O) groups excluding carboxylic acids is 2. The molecule has 5 nitrogen and oxygen atoms in total. The Morgan fingerprint density at radius 3 is 2.56 bits per heavy atom. The third-order valence-electron chi connectivity index (χ3n) is 5.03. The number of ether oxygens (including phenoxy) is 1. The molecule has 0 heterocycles. The van der Waals surface area contributed by atoms with Crippen LogP contribution in [0.4, 0.5) is 0 Å². The van der Waals surface area contributed by atoms with Gasteiger partial charge in [-0.15, -0.1) is 0 Å². The molecule has 168 valence electrons. The molecular weight excluding hydrogens is 515 g/mol. The maximum Gasteiger partial charge on any atom is 0.261 e. The first kappa shape index (κ1) is 24.4. The van der Waals surface area contributed by atoms with Crippen LogP contribution in [0.15, 0.2) is 59.1 Å². The Hall–Kier alpha value is -2.28. The van der Waals surface area contributed by atoms with E-state index >= 15 is 0 Å². The van der Waals surface area contributed by atoms with Crippen molar-refractivity contribution in [1.82, 2.24) is 10.2 Å². The van der Waals surface area contributed by atoms with E-state index in [4.69, 9.17) is 27.9 Å². The Kier molecular flexibility index (Phi) is 8.40. The van der Waals surface area contributed by atoms with Crippen LogP contribution in [-0.2, 0) is 16.1 Å². The van der Waals surface area contributed by atoms with Gasteiger partial charge in [0.05, 0.1) is 14.5 Å². The Labute approximate surface area is 205 Å². The fraction of sp³-hybridized carbons (Fsp3) is 0.250. The molecule has 0 unspecified atom stereocenters. The Morgan fingerprint density at radius 2 is 1.84 bits per heavy atom. The smallest absolute Gasteiger partial charge is 0.261 e. The van der Waals surface area contributed by atoms with Crippen LogP contribution in [0, 0.1) is 0 Å². The Bertz CT molecular complexity index is 1140. The van der Waals surface area contributed by atoms with Crippen molar-refractivity contribution < 1.29 is 14.3 Å². The number of likely N-dealkylation sites (N-methyl/N-ethyl adjacent to an activating group) is 1. The predicted octanol–water partition coefficient (Wildman–Crippen LogP) is 5.84. The van der Waals surface area contributed by atoms with Crippen molar-refractivity contribution in [3.8, 4) is 5.75 Å². The summed E-state index contributed by atoms with van der Waals surface area (Å²) in [6.07, 6.45) is 0. The lowest BCUT2D eigenvalue weighted by atomic mass is 10.1. The fourth-order valence-electron chi connectivity index (χ4n) is 3.29. The number of nitrogens with zero attached hydrogens (tertiary/aromatic N) is 1. The van der Waals surface area contributed by atoms with Crippen LogP contribution in [0.3, 0.4) is 0 Å². The van der Waals surface area contributed by atoms with Crippen LogP contribution in [-0.4, -0.2) is 35.9 Å². The van der Waals surface area contributed by atoms with Gasteiger partial charge in [-0.3, -0.25) is 9.59 Å². The van der Waals surface area contributed by atoms with Crippen molar-refractivity contribution in [2.45, 2.75) is 26.4 Å². The minimum atomic E-state index is -0.694.